The van der Waals surface area contributed by atoms with E-state index in [4.69, 9.17) is 4.18 Å². The molecule has 94 valence electrons. The van der Waals surface area contributed by atoms with E-state index in [1.807, 2.05) is 0 Å². The molecule has 0 radical (unpaired) electrons. The Morgan fingerprint density at radius 2 is 2.31 bits per heavy atom. The number of thiol groups is 2. The quantitative estimate of drug-likeness (QED) is 0.221. The molecule has 0 saturated heterocycles. The monoisotopic (exact) mass is 267 g/mol. The Kier molecular flexibility index (Phi) is 9.30. The molecule has 0 aromatic heterocycles. The molecule has 1 atom stereocenters. The molecule has 16 heavy (non-hydrogen) atoms. The number of likely N-dealkylation sites (N-methyl/N-ethyl adjacent to an activating group) is 1. The molecular weight excluding hydrogens is 250 g/mol. The van der Waals surface area contributed by atoms with Crippen LogP contribution in [0.5, 0.6) is 0 Å². The van der Waals surface area contributed by atoms with Gasteiger partial charge in [0.1, 0.15) is 0 Å². The highest BCUT2D eigenvalue weighted by molar-refractivity contribution is 7.94. The number of hydrogen-bond acceptors (Lipinski definition) is 4. The van der Waals surface area contributed by atoms with Crippen LogP contribution >= 0.6 is 24.3 Å². The van der Waals surface area contributed by atoms with Crippen molar-refractivity contribution in [3.05, 3.63) is 0 Å². The zero-order chi connectivity index (χ0) is 12.4. The maximum atomic E-state index is 11.0. The molecule has 0 aliphatic heterocycles. The molecule has 2 amide bonds. The summed E-state index contributed by atoms with van der Waals surface area (Å²) in [5.74, 6) is 0.276. The molecule has 3 N–H and O–H groups in total. The van der Waals surface area contributed by atoms with E-state index in [1.165, 1.54) is 7.11 Å². The number of nitrogens with one attached hydrogen (secondary N) is 3. The Morgan fingerprint density at radius 1 is 1.62 bits per heavy atom. The summed E-state index contributed by atoms with van der Waals surface area (Å²) in [7, 11) is 3.08. The zero-order valence-electron chi connectivity index (χ0n) is 9.19. The van der Waals surface area contributed by atoms with Crippen molar-refractivity contribution in [2.24, 2.45) is 0 Å². The van der Waals surface area contributed by atoms with Gasteiger partial charge in [0.25, 0.3) is 0 Å². The van der Waals surface area contributed by atoms with Gasteiger partial charge >= 0.3 is 0 Å². The first-order valence-electron chi connectivity index (χ1n) is 4.55. The SMILES string of the molecule is CNC(=O)CNC(=[SH]OC)C(CS)NC=O. The third-order valence-electron chi connectivity index (χ3n) is 1.68. The normalized spacial score (nSPS) is 13.6. The van der Waals surface area contributed by atoms with E-state index in [1.54, 1.807) is 7.05 Å². The third kappa shape index (κ3) is 6.11. The summed E-state index contributed by atoms with van der Waals surface area (Å²) in [6, 6.07) is -0.271. The standard InChI is InChI=1S/C8H17N3O3S2/c1-9-7(13)3-10-8(16-14-2)6(4-15)11-5-12/h5-6,10,15-16H,3-4H2,1-2H3,(H,9,13)(H,11,12). The first-order chi connectivity index (χ1) is 7.69. The lowest BCUT2D eigenvalue weighted by molar-refractivity contribution is -0.119. The van der Waals surface area contributed by atoms with Crippen molar-refractivity contribution in [1.82, 2.24) is 16.0 Å². The second kappa shape index (κ2) is 9.64. The van der Waals surface area contributed by atoms with Gasteiger partial charge in [0, 0.05) is 19.9 Å². The number of rotatable bonds is 7. The average Bonchev–Trinajstić information content (AvgIpc) is 2.31. The van der Waals surface area contributed by atoms with Crippen LogP contribution in [0.4, 0.5) is 0 Å². The maximum Gasteiger partial charge on any atom is 0.234 e. The van der Waals surface area contributed by atoms with Crippen LogP contribution in [0, 0.1) is 0 Å². The van der Waals surface area contributed by atoms with Crippen LogP contribution in [0.3, 0.4) is 0 Å². The molecular formula is C8H17N3O3S2. The summed E-state index contributed by atoms with van der Waals surface area (Å²) in [6.45, 7) is 0.132. The smallest absolute Gasteiger partial charge is 0.234 e. The average molecular weight is 267 g/mol. The Labute approximate surface area is 104 Å². The lowest BCUT2D eigenvalue weighted by atomic mass is 10.3. The van der Waals surface area contributed by atoms with Crippen LogP contribution in [-0.2, 0) is 13.8 Å². The van der Waals surface area contributed by atoms with Crippen LogP contribution in [0.25, 0.3) is 0 Å². The lowest BCUT2D eigenvalue weighted by Crippen LogP contribution is -2.47. The van der Waals surface area contributed by atoms with E-state index in [-0.39, 0.29) is 18.5 Å². The van der Waals surface area contributed by atoms with E-state index in [9.17, 15) is 9.59 Å². The fraction of sp³-hybridized carbons (Fsp3) is 0.625. The predicted molar refractivity (Wildman–Crippen MR) is 69.9 cm³/mol. The van der Waals surface area contributed by atoms with E-state index < -0.39 is 0 Å². The summed E-state index contributed by atoms with van der Waals surface area (Å²) in [5.41, 5.74) is 0. The van der Waals surface area contributed by atoms with Crippen molar-refractivity contribution in [3.8, 4) is 0 Å². The molecule has 0 aromatic rings. The summed E-state index contributed by atoms with van der Waals surface area (Å²) < 4.78 is 4.95. The topological polar surface area (TPSA) is 79.5 Å². The highest BCUT2D eigenvalue weighted by Crippen LogP contribution is 1.97. The second-order valence-electron chi connectivity index (χ2n) is 2.71. The predicted octanol–water partition coefficient (Wildman–Crippen LogP) is -1.48. The summed E-state index contributed by atoms with van der Waals surface area (Å²) >= 11 is 4.66. The Hall–Kier alpha value is -0.570. The van der Waals surface area contributed by atoms with Gasteiger partial charge in [-0.15, -0.1) is 0 Å². The molecule has 0 saturated carbocycles. The molecule has 0 bridgehead atoms. The Balaban J connectivity index is 4.40. The van der Waals surface area contributed by atoms with Gasteiger partial charge in [-0.3, -0.25) is 14.9 Å². The minimum atomic E-state index is -0.271. The van der Waals surface area contributed by atoms with Crippen LogP contribution in [0.15, 0.2) is 0 Å². The van der Waals surface area contributed by atoms with Crippen LogP contribution < -0.4 is 16.0 Å². The third-order valence-corrected chi connectivity index (χ3v) is 2.89. The molecule has 0 heterocycles. The van der Waals surface area contributed by atoms with Gasteiger partial charge < -0.3 is 14.8 Å². The molecule has 1 unspecified atom stereocenters. The fourth-order valence-electron chi connectivity index (χ4n) is 0.877. The maximum absolute atomic E-state index is 11.0. The van der Waals surface area contributed by atoms with Crippen LogP contribution in [-0.4, -0.2) is 49.8 Å². The zero-order valence-corrected chi connectivity index (χ0v) is 11.0. The van der Waals surface area contributed by atoms with Gasteiger partial charge in [-0.25, -0.2) is 0 Å². The second-order valence-corrected chi connectivity index (χ2v) is 4.10. The largest absolute Gasteiger partial charge is 0.358 e. The molecule has 8 heteroatoms. The molecule has 0 aliphatic rings. The molecule has 0 spiro atoms. The fourth-order valence-corrected chi connectivity index (χ4v) is 1.94. The van der Waals surface area contributed by atoms with Crippen molar-refractivity contribution >= 4 is 41.6 Å². The number of hydrogen-bond donors (Lipinski definition) is 5. The molecule has 6 nitrogen and oxygen atoms in total. The van der Waals surface area contributed by atoms with E-state index in [2.05, 4.69) is 28.6 Å². The Bertz CT molecular complexity index is 261. The summed E-state index contributed by atoms with van der Waals surface area (Å²) in [6.07, 6.45) is 0.591. The number of amides is 2. The van der Waals surface area contributed by atoms with E-state index in [0.29, 0.717) is 28.8 Å². The summed E-state index contributed by atoms with van der Waals surface area (Å²) in [5, 5.41) is 7.97. The van der Waals surface area contributed by atoms with Gasteiger partial charge in [-0.05, 0) is 0 Å². The number of carbonyl (C=O) groups excluding carboxylic acids is 2. The molecule has 0 aliphatic carbocycles. The molecule has 0 fully saturated rings. The van der Waals surface area contributed by atoms with Crippen molar-refractivity contribution < 1.29 is 13.8 Å². The van der Waals surface area contributed by atoms with Crippen molar-refractivity contribution in [1.29, 1.82) is 0 Å². The van der Waals surface area contributed by atoms with Crippen LogP contribution in [0.1, 0.15) is 0 Å². The molecule has 0 aromatic carbocycles. The summed E-state index contributed by atoms with van der Waals surface area (Å²) in [4.78, 5) is 22.1. The van der Waals surface area contributed by atoms with Crippen molar-refractivity contribution in [2.75, 3.05) is 26.5 Å². The van der Waals surface area contributed by atoms with Crippen molar-refractivity contribution in [2.45, 2.75) is 6.04 Å². The highest BCUT2D eigenvalue weighted by Gasteiger charge is 2.12. The van der Waals surface area contributed by atoms with Gasteiger partial charge in [-0.1, -0.05) is 11.6 Å². The van der Waals surface area contributed by atoms with E-state index in [0.717, 1.165) is 0 Å². The van der Waals surface area contributed by atoms with Crippen LogP contribution in [0.2, 0.25) is 0 Å². The Morgan fingerprint density at radius 3 is 2.75 bits per heavy atom. The van der Waals surface area contributed by atoms with Gasteiger partial charge in [0.05, 0.1) is 17.6 Å². The minimum absolute atomic E-state index is 0.132. The van der Waals surface area contributed by atoms with Gasteiger partial charge in [0.2, 0.25) is 12.3 Å². The van der Waals surface area contributed by atoms with Gasteiger partial charge in [-0.2, -0.15) is 12.6 Å². The lowest BCUT2D eigenvalue weighted by Gasteiger charge is -2.17. The van der Waals surface area contributed by atoms with Gasteiger partial charge in [0.15, 0.2) is 0 Å². The number of carbonyl (C=O) groups is 2. The minimum Gasteiger partial charge on any atom is -0.358 e. The first-order valence-corrected chi connectivity index (χ1v) is 6.00. The van der Waals surface area contributed by atoms with Crippen molar-refractivity contribution in [3.63, 3.8) is 0 Å². The molecule has 0 rings (SSSR count). The highest BCUT2D eigenvalue weighted by atomic mass is 32.2. The first kappa shape index (κ1) is 15.4. The van der Waals surface area contributed by atoms with E-state index >= 15 is 0 Å².